The average molecular weight is 257 g/mol. The Morgan fingerprint density at radius 3 is 2.71 bits per heavy atom. The predicted molar refractivity (Wildman–Crippen MR) is 78.9 cm³/mol. The molecule has 4 heteroatoms. The van der Waals surface area contributed by atoms with Crippen LogP contribution in [0.3, 0.4) is 0 Å². The second-order valence-corrected chi connectivity index (χ2v) is 6.50. The largest absolute Gasteiger partial charge is 0.356 e. The van der Waals surface area contributed by atoms with Crippen LogP contribution in [0.5, 0.6) is 0 Å². The smallest absolute Gasteiger partial charge is 0.193 e. The third-order valence-corrected chi connectivity index (χ3v) is 3.94. The Morgan fingerprint density at radius 2 is 2.18 bits per heavy atom. The highest BCUT2D eigenvalue weighted by molar-refractivity contribution is 7.98. The fourth-order valence-electron chi connectivity index (χ4n) is 2.20. The van der Waals surface area contributed by atoms with Crippen LogP contribution in [-0.4, -0.2) is 49.6 Å². The number of guanidine groups is 1. The van der Waals surface area contributed by atoms with Crippen molar-refractivity contribution in [1.29, 1.82) is 0 Å². The summed E-state index contributed by atoms with van der Waals surface area (Å²) in [5.74, 6) is 2.34. The molecule has 1 aliphatic heterocycles. The molecule has 1 N–H and O–H groups in total. The van der Waals surface area contributed by atoms with Gasteiger partial charge in [-0.15, -0.1) is 0 Å². The first kappa shape index (κ1) is 14.7. The van der Waals surface area contributed by atoms with Crippen molar-refractivity contribution >= 4 is 17.7 Å². The summed E-state index contributed by atoms with van der Waals surface area (Å²) in [5, 5.41) is 3.47. The van der Waals surface area contributed by atoms with Gasteiger partial charge in [0.05, 0.1) is 0 Å². The summed E-state index contributed by atoms with van der Waals surface area (Å²) in [6, 6.07) is 0. The van der Waals surface area contributed by atoms with Crippen LogP contribution in [0, 0.1) is 5.41 Å². The summed E-state index contributed by atoms with van der Waals surface area (Å²) in [6.45, 7) is 7.97. The van der Waals surface area contributed by atoms with Crippen LogP contribution in [-0.2, 0) is 0 Å². The summed E-state index contributed by atoms with van der Waals surface area (Å²) >= 11 is 1.92. The molecule has 0 saturated carbocycles. The lowest BCUT2D eigenvalue weighted by Crippen LogP contribution is -2.41. The number of nitrogens with zero attached hydrogens (tertiary/aromatic N) is 2. The van der Waals surface area contributed by atoms with E-state index in [-0.39, 0.29) is 0 Å². The van der Waals surface area contributed by atoms with Crippen LogP contribution in [0.4, 0.5) is 0 Å². The Hall–Kier alpha value is -0.380. The van der Waals surface area contributed by atoms with Gasteiger partial charge in [-0.1, -0.05) is 13.8 Å². The van der Waals surface area contributed by atoms with Gasteiger partial charge in [-0.2, -0.15) is 11.8 Å². The maximum atomic E-state index is 4.38. The van der Waals surface area contributed by atoms with Gasteiger partial charge >= 0.3 is 0 Å². The van der Waals surface area contributed by atoms with Crippen molar-refractivity contribution in [2.45, 2.75) is 33.1 Å². The Labute approximate surface area is 110 Å². The second kappa shape index (κ2) is 7.14. The van der Waals surface area contributed by atoms with Crippen LogP contribution < -0.4 is 5.32 Å². The fraction of sp³-hybridized carbons (Fsp3) is 0.923. The van der Waals surface area contributed by atoms with E-state index in [1.807, 2.05) is 18.8 Å². The number of unbranched alkanes of at least 4 members (excludes halogenated alkanes) is 1. The fourth-order valence-corrected chi connectivity index (χ4v) is 2.69. The highest BCUT2D eigenvalue weighted by Gasteiger charge is 2.30. The van der Waals surface area contributed by atoms with Crippen molar-refractivity contribution < 1.29 is 0 Å². The van der Waals surface area contributed by atoms with E-state index >= 15 is 0 Å². The van der Waals surface area contributed by atoms with Gasteiger partial charge in [-0.25, -0.2) is 0 Å². The number of aliphatic imine (C=N–C) groups is 1. The minimum atomic E-state index is 0.441. The molecule has 1 saturated heterocycles. The number of thioether (sulfide) groups is 1. The highest BCUT2D eigenvalue weighted by atomic mass is 32.2. The number of hydrogen-bond acceptors (Lipinski definition) is 2. The number of likely N-dealkylation sites (tertiary alicyclic amines) is 1. The quantitative estimate of drug-likeness (QED) is 0.466. The van der Waals surface area contributed by atoms with Gasteiger partial charge in [0.1, 0.15) is 0 Å². The van der Waals surface area contributed by atoms with E-state index in [9.17, 15) is 0 Å². The lowest BCUT2D eigenvalue weighted by atomic mass is 9.93. The van der Waals surface area contributed by atoms with Crippen molar-refractivity contribution in [3.8, 4) is 0 Å². The number of rotatable bonds is 5. The molecule has 0 radical (unpaired) electrons. The van der Waals surface area contributed by atoms with Gasteiger partial charge in [0, 0.05) is 26.7 Å². The van der Waals surface area contributed by atoms with E-state index in [4.69, 9.17) is 0 Å². The molecule has 0 atom stereocenters. The molecule has 0 amide bonds. The van der Waals surface area contributed by atoms with E-state index in [1.165, 1.54) is 25.0 Å². The maximum Gasteiger partial charge on any atom is 0.193 e. The SMILES string of the molecule is CN=C(NCCCCSC)N1CCC(C)(C)C1. The normalized spacial score (nSPS) is 19.8. The standard InChI is InChI=1S/C13H27N3S/c1-13(2)7-9-16(11-13)12(14-3)15-8-5-6-10-17-4/h5-11H2,1-4H3,(H,14,15). The first-order chi connectivity index (χ1) is 8.09. The van der Waals surface area contributed by atoms with Crippen molar-refractivity contribution in [3.05, 3.63) is 0 Å². The molecule has 1 rings (SSSR count). The summed E-state index contributed by atoms with van der Waals surface area (Å²) in [5.41, 5.74) is 0.441. The van der Waals surface area contributed by atoms with Gasteiger partial charge in [0.15, 0.2) is 5.96 Å². The van der Waals surface area contributed by atoms with Crippen LogP contribution in [0.25, 0.3) is 0 Å². The summed E-state index contributed by atoms with van der Waals surface area (Å²) < 4.78 is 0. The van der Waals surface area contributed by atoms with Crippen LogP contribution in [0.1, 0.15) is 33.1 Å². The molecular weight excluding hydrogens is 230 g/mol. The summed E-state index contributed by atoms with van der Waals surface area (Å²) in [4.78, 5) is 6.76. The van der Waals surface area contributed by atoms with E-state index in [1.54, 1.807) is 0 Å². The molecule has 17 heavy (non-hydrogen) atoms. The monoisotopic (exact) mass is 257 g/mol. The molecule has 0 bridgehead atoms. The first-order valence-electron chi connectivity index (χ1n) is 6.53. The Bertz CT molecular complexity index is 251. The zero-order chi connectivity index (χ0) is 12.7. The number of hydrogen-bond donors (Lipinski definition) is 1. The molecule has 0 aliphatic carbocycles. The zero-order valence-corrected chi connectivity index (χ0v) is 12.6. The van der Waals surface area contributed by atoms with Gasteiger partial charge in [0.2, 0.25) is 0 Å². The van der Waals surface area contributed by atoms with E-state index < -0.39 is 0 Å². The van der Waals surface area contributed by atoms with Gasteiger partial charge < -0.3 is 10.2 Å². The van der Waals surface area contributed by atoms with Crippen molar-refractivity contribution in [2.24, 2.45) is 10.4 Å². The van der Waals surface area contributed by atoms with E-state index in [2.05, 4.69) is 35.3 Å². The van der Waals surface area contributed by atoms with Crippen LogP contribution in [0.2, 0.25) is 0 Å². The molecular formula is C13H27N3S. The topological polar surface area (TPSA) is 27.6 Å². The zero-order valence-electron chi connectivity index (χ0n) is 11.8. The van der Waals surface area contributed by atoms with Gasteiger partial charge in [-0.3, -0.25) is 4.99 Å². The third-order valence-electron chi connectivity index (χ3n) is 3.25. The van der Waals surface area contributed by atoms with Crippen molar-refractivity contribution in [3.63, 3.8) is 0 Å². The van der Waals surface area contributed by atoms with Crippen molar-refractivity contribution in [2.75, 3.05) is 38.7 Å². The predicted octanol–water partition coefficient (Wildman–Crippen LogP) is 2.44. The number of nitrogens with one attached hydrogen (secondary N) is 1. The molecule has 100 valence electrons. The Kier molecular flexibility index (Phi) is 6.17. The highest BCUT2D eigenvalue weighted by Crippen LogP contribution is 2.28. The second-order valence-electron chi connectivity index (χ2n) is 5.51. The molecule has 0 spiro atoms. The first-order valence-corrected chi connectivity index (χ1v) is 7.93. The maximum absolute atomic E-state index is 4.38. The molecule has 3 nitrogen and oxygen atoms in total. The van der Waals surface area contributed by atoms with Crippen molar-refractivity contribution in [1.82, 2.24) is 10.2 Å². The third kappa shape index (κ3) is 5.19. The minimum absolute atomic E-state index is 0.441. The minimum Gasteiger partial charge on any atom is -0.356 e. The van der Waals surface area contributed by atoms with E-state index in [0.717, 1.165) is 25.6 Å². The summed E-state index contributed by atoms with van der Waals surface area (Å²) in [6.07, 6.45) is 5.95. The molecule has 1 fully saturated rings. The summed E-state index contributed by atoms with van der Waals surface area (Å²) in [7, 11) is 1.88. The Morgan fingerprint density at radius 1 is 1.41 bits per heavy atom. The molecule has 0 aromatic heterocycles. The molecule has 1 heterocycles. The van der Waals surface area contributed by atoms with Gasteiger partial charge in [-0.05, 0) is 36.7 Å². The Balaban J connectivity index is 2.25. The average Bonchev–Trinajstić information content (AvgIpc) is 2.64. The van der Waals surface area contributed by atoms with Gasteiger partial charge in [0.25, 0.3) is 0 Å². The molecule has 1 aliphatic rings. The lowest BCUT2D eigenvalue weighted by molar-refractivity contribution is 0.370. The molecule has 0 aromatic rings. The molecule has 0 unspecified atom stereocenters. The molecule has 0 aromatic carbocycles. The van der Waals surface area contributed by atoms with E-state index in [0.29, 0.717) is 5.41 Å². The van der Waals surface area contributed by atoms with Crippen LogP contribution >= 0.6 is 11.8 Å². The lowest BCUT2D eigenvalue weighted by Gasteiger charge is -2.23. The van der Waals surface area contributed by atoms with Crippen LogP contribution in [0.15, 0.2) is 4.99 Å².